The smallest absolute Gasteiger partial charge is 0.271 e. The van der Waals surface area contributed by atoms with Crippen LogP contribution in [-0.2, 0) is 6.42 Å². The third-order valence-corrected chi connectivity index (χ3v) is 2.65. The molecule has 6 heteroatoms. The van der Waals surface area contributed by atoms with Gasteiger partial charge in [-0.3, -0.25) is 4.79 Å². The molecule has 4 nitrogen and oxygen atoms in total. The first-order chi connectivity index (χ1) is 9.15. The Bertz CT molecular complexity index is 574. The Kier molecular flexibility index (Phi) is 4.41. The number of aromatic nitrogens is 2. The molecule has 98 valence electrons. The van der Waals surface area contributed by atoms with Crippen LogP contribution < -0.4 is 5.32 Å². The minimum atomic E-state index is -0.333. The van der Waals surface area contributed by atoms with Crippen molar-refractivity contribution in [1.82, 2.24) is 15.5 Å². The molecule has 0 aliphatic carbocycles. The van der Waals surface area contributed by atoms with E-state index in [0.29, 0.717) is 13.0 Å². The molecule has 2 aromatic rings. The van der Waals surface area contributed by atoms with Crippen molar-refractivity contribution in [2.24, 2.45) is 0 Å². The first-order valence-electron chi connectivity index (χ1n) is 5.67. The van der Waals surface area contributed by atoms with Crippen molar-refractivity contribution in [2.75, 3.05) is 6.54 Å². The van der Waals surface area contributed by atoms with Gasteiger partial charge >= 0.3 is 0 Å². The van der Waals surface area contributed by atoms with Crippen molar-refractivity contribution in [3.8, 4) is 0 Å². The number of carbonyl (C=O) groups excluding carboxylic acids is 1. The fraction of sp³-hybridized carbons (Fsp3) is 0.154. The summed E-state index contributed by atoms with van der Waals surface area (Å²) in [5.74, 6) is -0.618. The van der Waals surface area contributed by atoms with E-state index in [4.69, 9.17) is 11.6 Å². The van der Waals surface area contributed by atoms with Crippen LogP contribution in [0.15, 0.2) is 36.4 Å². The van der Waals surface area contributed by atoms with Gasteiger partial charge in [-0.2, -0.15) is 0 Å². The molecule has 0 radical (unpaired) electrons. The van der Waals surface area contributed by atoms with Crippen molar-refractivity contribution in [2.45, 2.75) is 6.42 Å². The van der Waals surface area contributed by atoms with Crippen LogP contribution in [0.4, 0.5) is 4.39 Å². The zero-order valence-corrected chi connectivity index (χ0v) is 10.7. The standard InChI is InChI=1S/C13H11ClFN3O/c14-12-5-4-11(17-18-12)13(19)16-7-6-9-2-1-3-10(15)8-9/h1-5,8H,6-7H2,(H,16,19). The first-order valence-corrected chi connectivity index (χ1v) is 6.05. The Labute approximate surface area is 114 Å². The van der Waals surface area contributed by atoms with Crippen LogP contribution in [0.2, 0.25) is 5.15 Å². The van der Waals surface area contributed by atoms with Gasteiger partial charge in [0.1, 0.15) is 5.82 Å². The number of benzene rings is 1. The zero-order chi connectivity index (χ0) is 13.7. The highest BCUT2D eigenvalue weighted by Crippen LogP contribution is 2.04. The first kappa shape index (κ1) is 13.4. The molecule has 0 atom stereocenters. The van der Waals surface area contributed by atoms with Crippen LogP contribution >= 0.6 is 11.6 Å². The molecular weight excluding hydrogens is 269 g/mol. The van der Waals surface area contributed by atoms with Gasteiger partial charge in [0.2, 0.25) is 0 Å². The van der Waals surface area contributed by atoms with Crippen LogP contribution in [-0.4, -0.2) is 22.6 Å². The largest absolute Gasteiger partial charge is 0.350 e. The van der Waals surface area contributed by atoms with Gasteiger partial charge < -0.3 is 5.32 Å². The second-order valence-electron chi connectivity index (χ2n) is 3.88. The summed E-state index contributed by atoms with van der Waals surface area (Å²) in [7, 11) is 0. The number of hydrogen-bond donors (Lipinski definition) is 1. The molecule has 1 aromatic heterocycles. The van der Waals surface area contributed by atoms with Gasteiger partial charge in [-0.25, -0.2) is 4.39 Å². The van der Waals surface area contributed by atoms with E-state index in [0.717, 1.165) is 5.56 Å². The van der Waals surface area contributed by atoms with Crippen molar-refractivity contribution < 1.29 is 9.18 Å². The van der Waals surface area contributed by atoms with E-state index in [-0.39, 0.29) is 22.6 Å². The Balaban J connectivity index is 1.86. The Hall–Kier alpha value is -2.01. The molecule has 0 spiro atoms. The molecule has 1 amide bonds. The molecule has 1 aromatic carbocycles. The lowest BCUT2D eigenvalue weighted by Gasteiger charge is -2.04. The highest BCUT2D eigenvalue weighted by atomic mass is 35.5. The minimum Gasteiger partial charge on any atom is -0.350 e. The predicted octanol–water partition coefficient (Wildman–Crippen LogP) is 2.24. The summed E-state index contributed by atoms with van der Waals surface area (Å²) in [5.41, 5.74) is 1.02. The monoisotopic (exact) mass is 279 g/mol. The van der Waals surface area contributed by atoms with Gasteiger partial charge in [-0.1, -0.05) is 23.7 Å². The lowest BCUT2D eigenvalue weighted by atomic mass is 10.1. The van der Waals surface area contributed by atoms with Crippen molar-refractivity contribution in [3.05, 3.63) is 58.6 Å². The van der Waals surface area contributed by atoms with Crippen LogP contribution in [0.25, 0.3) is 0 Å². The number of carbonyl (C=O) groups is 1. The number of nitrogens with zero attached hydrogens (tertiary/aromatic N) is 2. The summed E-state index contributed by atoms with van der Waals surface area (Å²) in [6.07, 6.45) is 0.546. The van der Waals surface area contributed by atoms with Crippen LogP contribution in [0.5, 0.6) is 0 Å². The number of hydrogen-bond acceptors (Lipinski definition) is 3. The van der Waals surface area contributed by atoms with Gasteiger partial charge in [-0.05, 0) is 36.2 Å². The van der Waals surface area contributed by atoms with E-state index in [9.17, 15) is 9.18 Å². The van der Waals surface area contributed by atoms with Crippen molar-refractivity contribution >= 4 is 17.5 Å². The van der Waals surface area contributed by atoms with Crippen molar-refractivity contribution in [3.63, 3.8) is 0 Å². The second kappa shape index (κ2) is 6.24. The topological polar surface area (TPSA) is 54.9 Å². The average molecular weight is 280 g/mol. The summed E-state index contributed by atoms with van der Waals surface area (Å²) in [6.45, 7) is 0.395. The normalized spacial score (nSPS) is 10.2. The molecule has 0 aliphatic heterocycles. The van der Waals surface area contributed by atoms with Gasteiger partial charge in [0, 0.05) is 6.54 Å². The highest BCUT2D eigenvalue weighted by molar-refractivity contribution is 6.29. The summed E-state index contributed by atoms with van der Waals surface area (Å²) < 4.78 is 12.9. The third kappa shape index (κ3) is 3.99. The zero-order valence-electron chi connectivity index (χ0n) is 9.94. The van der Waals surface area contributed by atoms with Gasteiger partial charge in [-0.15, -0.1) is 10.2 Å². The Morgan fingerprint density at radius 3 is 2.79 bits per heavy atom. The molecular formula is C13H11ClFN3O. The molecule has 0 saturated heterocycles. The molecule has 19 heavy (non-hydrogen) atoms. The predicted molar refractivity (Wildman–Crippen MR) is 69.5 cm³/mol. The summed E-state index contributed by atoms with van der Waals surface area (Å²) in [6, 6.07) is 9.25. The van der Waals surface area contributed by atoms with E-state index < -0.39 is 0 Å². The van der Waals surface area contributed by atoms with E-state index in [2.05, 4.69) is 15.5 Å². The summed E-state index contributed by atoms with van der Waals surface area (Å²) >= 11 is 5.57. The second-order valence-corrected chi connectivity index (χ2v) is 4.26. The number of amides is 1. The number of rotatable bonds is 4. The van der Waals surface area contributed by atoms with E-state index >= 15 is 0 Å². The van der Waals surface area contributed by atoms with Gasteiger partial charge in [0.05, 0.1) is 0 Å². The molecule has 1 heterocycles. The maximum Gasteiger partial charge on any atom is 0.271 e. The SMILES string of the molecule is O=C(NCCc1cccc(F)c1)c1ccc(Cl)nn1. The lowest BCUT2D eigenvalue weighted by Crippen LogP contribution is -2.26. The fourth-order valence-corrected chi connectivity index (χ4v) is 1.64. The fourth-order valence-electron chi connectivity index (χ4n) is 1.54. The van der Waals surface area contributed by atoms with E-state index in [1.54, 1.807) is 12.1 Å². The lowest BCUT2D eigenvalue weighted by molar-refractivity contribution is 0.0948. The minimum absolute atomic E-state index is 0.198. The molecule has 0 saturated carbocycles. The molecule has 0 aliphatic rings. The van der Waals surface area contributed by atoms with Gasteiger partial charge in [0.15, 0.2) is 10.8 Å². The maximum absolute atomic E-state index is 12.9. The summed E-state index contributed by atoms with van der Waals surface area (Å²) in [4.78, 5) is 11.7. The molecule has 1 N–H and O–H groups in total. The van der Waals surface area contributed by atoms with Crippen LogP contribution in [0, 0.1) is 5.82 Å². The van der Waals surface area contributed by atoms with Crippen molar-refractivity contribution in [1.29, 1.82) is 0 Å². The highest BCUT2D eigenvalue weighted by Gasteiger charge is 2.07. The molecule has 2 rings (SSSR count). The van der Waals surface area contributed by atoms with E-state index in [1.165, 1.54) is 24.3 Å². The quantitative estimate of drug-likeness (QED) is 0.934. The number of halogens is 2. The Morgan fingerprint density at radius 1 is 1.26 bits per heavy atom. The average Bonchev–Trinajstić information content (AvgIpc) is 2.39. The van der Waals surface area contributed by atoms with Gasteiger partial charge in [0.25, 0.3) is 5.91 Å². The van der Waals surface area contributed by atoms with Crippen LogP contribution in [0.3, 0.4) is 0 Å². The van der Waals surface area contributed by atoms with Crippen LogP contribution in [0.1, 0.15) is 16.1 Å². The molecule has 0 fully saturated rings. The maximum atomic E-state index is 12.9. The molecule has 0 bridgehead atoms. The third-order valence-electron chi connectivity index (χ3n) is 2.45. The summed E-state index contributed by atoms with van der Waals surface area (Å²) in [5, 5.41) is 10.2. The Morgan fingerprint density at radius 2 is 2.11 bits per heavy atom. The molecule has 0 unspecified atom stereocenters. The number of nitrogens with one attached hydrogen (secondary N) is 1. The van der Waals surface area contributed by atoms with E-state index in [1.807, 2.05) is 0 Å².